The van der Waals surface area contributed by atoms with Crippen molar-refractivity contribution in [1.29, 1.82) is 0 Å². The molecule has 0 saturated carbocycles. The SMILES string of the molecule is COCCNC(=O)COC(=O)c1cc(C)sc1C. The molecule has 1 rings (SSSR count). The normalized spacial score (nSPS) is 10.2. The number of hydrogen-bond donors (Lipinski definition) is 1. The Bertz CT molecular complexity index is 428. The summed E-state index contributed by atoms with van der Waals surface area (Å²) < 4.78 is 9.71. The highest BCUT2D eigenvalue weighted by Gasteiger charge is 2.14. The van der Waals surface area contributed by atoms with E-state index in [1.165, 1.54) is 11.3 Å². The van der Waals surface area contributed by atoms with Gasteiger partial charge in [0.25, 0.3) is 5.91 Å². The first-order valence-corrected chi connectivity index (χ1v) is 6.36. The Hall–Kier alpha value is -1.40. The fourth-order valence-corrected chi connectivity index (χ4v) is 2.30. The molecule has 0 unspecified atom stereocenters. The van der Waals surface area contributed by atoms with Crippen molar-refractivity contribution in [3.8, 4) is 0 Å². The Balaban J connectivity index is 2.37. The van der Waals surface area contributed by atoms with Crippen molar-refractivity contribution in [3.05, 3.63) is 21.4 Å². The summed E-state index contributed by atoms with van der Waals surface area (Å²) in [5.41, 5.74) is 0.530. The Morgan fingerprint density at radius 3 is 2.67 bits per heavy atom. The molecule has 18 heavy (non-hydrogen) atoms. The third-order valence-electron chi connectivity index (χ3n) is 2.22. The molecular weight excluding hydrogens is 254 g/mol. The minimum absolute atomic E-state index is 0.267. The zero-order chi connectivity index (χ0) is 13.5. The van der Waals surface area contributed by atoms with E-state index in [9.17, 15) is 9.59 Å². The van der Waals surface area contributed by atoms with Crippen LogP contribution in [-0.4, -0.2) is 38.7 Å². The molecule has 1 N–H and O–H groups in total. The molecule has 0 atom stereocenters. The molecule has 0 bridgehead atoms. The largest absolute Gasteiger partial charge is 0.452 e. The van der Waals surface area contributed by atoms with Gasteiger partial charge in [-0.05, 0) is 19.9 Å². The Morgan fingerprint density at radius 1 is 1.39 bits per heavy atom. The Labute approximate surface area is 110 Å². The van der Waals surface area contributed by atoms with Crippen LogP contribution in [0.25, 0.3) is 0 Å². The van der Waals surface area contributed by atoms with Gasteiger partial charge in [0.1, 0.15) is 0 Å². The predicted octanol–water partition coefficient (Wildman–Crippen LogP) is 1.28. The van der Waals surface area contributed by atoms with E-state index in [4.69, 9.17) is 9.47 Å². The fourth-order valence-electron chi connectivity index (χ4n) is 1.39. The molecule has 1 heterocycles. The molecule has 6 heteroatoms. The zero-order valence-corrected chi connectivity index (χ0v) is 11.6. The first-order chi connectivity index (χ1) is 8.54. The number of carbonyl (C=O) groups is 2. The van der Waals surface area contributed by atoms with Crippen LogP contribution in [-0.2, 0) is 14.3 Å². The van der Waals surface area contributed by atoms with E-state index in [0.717, 1.165) is 9.75 Å². The molecule has 0 aromatic carbocycles. The molecule has 0 fully saturated rings. The number of carbonyl (C=O) groups excluding carboxylic acids is 2. The first-order valence-electron chi connectivity index (χ1n) is 5.54. The lowest BCUT2D eigenvalue weighted by molar-refractivity contribution is -0.124. The van der Waals surface area contributed by atoms with Crippen molar-refractivity contribution in [2.75, 3.05) is 26.9 Å². The topological polar surface area (TPSA) is 64.6 Å². The van der Waals surface area contributed by atoms with Gasteiger partial charge in [-0.25, -0.2) is 4.79 Å². The summed E-state index contributed by atoms with van der Waals surface area (Å²) in [7, 11) is 1.55. The summed E-state index contributed by atoms with van der Waals surface area (Å²) in [6.07, 6.45) is 0. The van der Waals surface area contributed by atoms with Crippen molar-refractivity contribution in [2.45, 2.75) is 13.8 Å². The molecule has 0 aliphatic rings. The third kappa shape index (κ3) is 4.46. The quantitative estimate of drug-likeness (QED) is 0.625. The number of rotatable bonds is 6. The second-order valence-corrected chi connectivity index (χ2v) is 5.21. The molecule has 1 aromatic rings. The fraction of sp³-hybridized carbons (Fsp3) is 0.500. The van der Waals surface area contributed by atoms with E-state index in [-0.39, 0.29) is 12.5 Å². The zero-order valence-electron chi connectivity index (χ0n) is 10.7. The van der Waals surface area contributed by atoms with Crippen molar-refractivity contribution in [2.24, 2.45) is 0 Å². The highest BCUT2D eigenvalue weighted by atomic mass is 32.1. The van der Waals surface area contributed by atoms with E-state index >= 15 is 0 Å². The average molecular weight is 271 g/mol. The molecule has 1 aromatic heterocycles. The predicted molar refractivity (Wildman–Crippen MR) is 69.0 cm³/mol. The van der Waals surface area contributed by atoms with Crippen LogP contribution in [0.4, 0.5) is 0 Å². The van der Waals surface area contributed by atoms with Gasteiger partial charge in [0.15, 0.2) is 6.61 Å². The van der Waals surface area contributed by atoms with Crippen LogP contribution < -0.4 is 5.32 Å². The lowest BCUT2D eigenvalue weighted by atomic mass is 10.2. The van der Waals surface area contributed by atoms with E-state index in [1.54, 1.807) is 13.2 Å². The van der Waals surface area contributed by atoms with Crippen molar-refractivity contribution >= 4 is 23.2 Å². The maximum absolute atomic E-state index is 11.7. The standard InChI is InChI=1S/C12H17NO4S/c1-8-6-10(9(2)18-8)12(15)17-7-11(14)13-4-5-16-3/h6H,4-5,7H2,1-3H3,(H,13,14). The van der Waals surface area contributed by atoms with Gasteiger partial charge in [-0.15, -0.1) is 11.3 Å². The molecule has 0 saturated heterocycles. The van der Waals surface area contributed by atoms with Gasteiger partial charge in [0.05, 0.1) is 12.2 Å². The van der Waals surface area contributed by atoms with E-state index in [1.807, 2.05) is 13.8 Å². The van der Waals surface area contributed by atoms with Crippen molar-refractivity contribution in [1.82, 2.24) is 5.32 Å². The van der Waals surface area contributed by atoms with Crippen LogP contribution >= 0.6 is 11.3 Å². The number of methoxy groups -OCH3 is 1. The van der Waals surface area contributed by atoms with Crippen LogP contribution in [0.5, 0.6) is 0 Å². The number of nitrogens with one attached hydrogen (secondary N) is 1. The molecule has 0 aliphatic heterocycles. The van der Waals surface area contributed by atoms with Crippen LogP contribution in [0.15, 0.2) is 6.07 Å². The average Bonchev–Trinajstić information content (AvgIpc) is 2.66. The second kappa shape index (κ2) is 7.13. The minimum Gasteiger partial charge on any atom is -0.452 e. The van der Waals surface area contributed by atoms with Gasteiger partial charge in [-0.3, -0.25) is 4.79 Å². The van der Waals surface area contributed by atoms with Crippen molar-refractivity contribution in [3.63, 3.8) is 0 Å². The summed E-state index contributed by atoms with van der Waals surface area (Å²) >= 11 is 1.53. The smallest absolute Gasteiger partial charge is 0.339 e. The maximum atomic E-state index is 11.7. The van der Waals surface area contributed by atoms with Crippen LogP contribution in [0.1, 0.15) is 20.1 Å². The van der Waals surface area contributed by atoms with Gasteiger partial charge in [0.2, 0.25) is 0 Å². The molecule has 0 radical (unpaired) electrons. The van der Waals surface area contributed by atoms with Crippen LogP contribution in [0.3, 0.4) is 0 Å². The Morgan fingerprint density at radius 2 is 2.11 bits per heavy atom. The molecule has 0 spiro atoms. The van der Waals surface area contributed by atoms with Crippen LogP contribution in [0, 0.1) is 13.8 Å². The number of ether oxygens (including phenoxy) is 2. The lowest BCUT2D eigenvalue weighted by Gasteiger charge is -2.05. The first kappa shape index (κ1) is 14.7. The number of esters is 1. The molecular formula is C12H17NO4S. The van der Waals surface area contributed by atoms with E-state index in [0.29, 0.717) is 18.7 Å². The van der Waals surface area contributed by atoms with Gasteiger partial charge in [-0.1, -0.05) is 0 Å². The van der Waals surface area contributed by atoms with E-state index in [2.05, 4.69) is 5.32 Å². The number of thiophene rings is 1. The summed E-state index contributed by atoms with van der Waals surface area (Å²) in [6, 6.07) is 1.77. The third-order valence-corrected chi connectivity index (χ3v) is 3.19. The lowest BCUT2D eigenvalue weighted by Crippen LogP contribution is -2.31. The molecule has 0 aliphatic carbocycles. The number of hydrogen-bond acceptors (Lipinski definition) is 5. The molecule has 5 nitrogen and oxygen atoms in total. The summed E-state index contributed by atoms with van der Waals surface area (Å²) in [5.74, 6) is -0.788. The minimum atomic E-state index is -0.459. The van der Waals surface area contributed by atoms with Gasteiger partial charge in [0, 0.05) is 23.4 Å². The summed E-state index contributed by atoms with van der Waals surface area (Å²) in [6.45, 7) is 4.35. The van der Waals surface area contributed by atoms with Crippen molar-refractivity contribution < 1.29 is 19.1 Å². The molecule has 100 valence electrons. The van der Waals surface area contributed by atoms with Gasteiger partial charge >= 0.3 is 5.97 Å². The second-order valence-electron chi connectivity index (χ2n) is 3.75. The highest BCUT2D eigenvalue weighted by molar-refractivity contribution is 7.12. The Kier molecular flexibility index (Phi) is 5.80. The van der Waals surface area contributed by atoms with Gasteiger partial charge in [-0.2, -0.15) is 0 Å². The van der Waals surface area contributed by atoms with Crippen LogP contribution in [0.2, 0.25) is 0 Å². The van der Waals surface area contributed by atoms with Gasteiger partial charge < -0.3 is 14.8 Å². The maximum Gasteiger partial charge on any atom is 0.339 e. The molecule has 1 amide bonds. The summed E-state index contributed by atoms with van der Waals surface area (Å²) in [5, 5.41) is 2.57. The highest BCUT2D eigenvalue weighted by Crippen LogP contribution is 2.21. The van der Waals surface area contributed by atoms with E-state index < -0.39 is 5.97 Å². The number of amides is 1. The monoisotopic (exact) mass is 271 g/mol. The number of aryl methyl sites for hydroxylation is 2. The summed E-state index contributed by atoms with van der Waals surface area (Å²) in [4.78, 5) is 24.9.